The van der Waals surface area contributed by atoms with Crippen molar-refractivity contribution in [3.8, 4) is 0 Å². The summed E-state index contributed by atoms with van der Waals surface area (Å²) in [6.45, 7) is 9.08. The maximum Gasteiger partial charge on any atom is 2.00 e. The zero-order chi connectivity index (χ0) is 6.83. The zero-order valence-electron chi connectivity index (χ0n) is 5.04. The molecule has 0 aromatic carbocycles. The minimum Gasteiger partial charge on any atom is -0.911 e. The molecule has 0 atom stereocenters. The standard InChI is InChI=1S/C3H3N.C2H2N2.2W/c1-2-3-4;1-2-4-3;;/h1-3H;1-2H;;/q2*-2;2*+2. The Hall–Kier alpha value is 0.127. The summed E-state index contributed by atoms with van der Waals surface area (Å²) in [5.74, 6) is 0. The average Bonchev–Trinajstić information content (AvgIpc) is 1.88. The van der Waals surface area contributed by atoms with E-state index in [1.165, 1.54) is 0 Å². The van der Waals surface area contributed by atoms with Gasteiger partial charge >= 0.3 is 42.1 Å². The van der Waals surface area contributed by atoms with Crippen molar-refractivity contribution in [1.29, 1.82) is 0 Å². The molecule has 0 bridgehead atoms. The van der Waals surface area contributed by atoms with Gasteiger partial charge in [-0.1, -0.05) is 0 Å². The molecule has 0 amide bonds. The minimum atomic E-state index is 0. The average molecular weight is 475 g/mol. The van der Waals surface area contributed by atoms with Gasteiger partial charge in [-0.25, -0.2) is 0 Å². The molecule has 10 heavy (non-hydrogen) atoms. The van der Waals surface area contributed by atoms with E-state index in [2.05, 4.69) is 18.3 Å². The predicted octanol–water partition coefficient (Wildman–Crippen LogP) is 1.57. The van der Waals surface area contributed by atoms with Crippen molar-refractivity contribution in [2.24, 2.45) is 5.11 Å². The molecular weight excluding hydrogens is 470 g/mol. The molecule has 0 spiro atoms. The van der Waals surface area contributed by atoms with Crippen LogP contribution in [0.1, 0.15) is 0 Å². The minimum absolute atomic E-state index is 0. The van der Waals surface area contributed by atoms with Crippen LogP contribution in [0.5, 0.6) is 0 Å². The van der Waals surface area contributed by atoms with Crippen molar-refractivity contribution in [1.82, 2.24) is 0 Å². The van der Waals surface area contributed by atoms with Crippen molar-refractivity contribution in [3.05, 3.63) is 36.4 Å². The molecule has 0 saturated carbocycles. The molecule has 0 aliphatic heterocycles. The monoisotopic (exact) mass is 475 g/mol. The van der Waals surface area contributed by atoms with Gasteiger partial charge in [0.25, 0.3) is 0 Å². The number of hydrogen-bond donors (Lipinski definition) is 0. The molecular formula is C5H5N3W2. The maximum atomic E-state index is 7.57. The normalized spacial score (nSPS) is 4.00. The van der Waals surface area contributed by atoms with Crippen LogP contribution in [0.15, 0.2) is 17.4 Å². The van der Waals surface area contributed by atoms with Crippen LogP contribution in [-0.2, 0) is 42.1 Å². The summed E-state index contributed by atoms with van der Waals surface area (Å²) in [4.78, 5) is 0. The van der Waals surface area contributed by atoms with E-state index in [1.54, 1.807) is 0 Å². The van der Waals surface area contributed by atoms with Crippen LogP contribution in [0.4, 0.5) is 0 Å². The maximum absolute atomic E-state index is 7.57. The summed E-state index contributed by atoms with van der Waals surface area (Å²) in [6, 6.07) is 0. The summed E-state index contributed by atoms with van der Waals surface area (Å²) in [6.07, 6.45) is 2.64. The van der Waals surface area contributed by atoms with Gasteiger partial charge in [0, 0.05) is 0 Å². The Kier molecular flexibility index (Phi) is 79.5. The molecule has 0 aliphatic rings. The second kappa shape index (κ2) is 35.4. The fourth-order valence-electron chi connectivity index (χ4n) is 0. The van der Waals surface area contributed by atoms with Crippen LogP contribution in [0, 0.1) is 13.2 Å². The van der Waals surface area contributed by atoms with Crippen LogP contribution in [-0.4, -0.2) is 6.21 Å². The van der Waals surface area contributed by atoms with Gasteiger partial charge in [0.1, 0.15) is 0 Å². The first-order valence-corrected chi connectivity index (χ1v) is 1.72. The van der Waals surface area contributed by atoms with Gasteiger partial charge < -0.3 is 28.8 Å². The smallest absolute Gasteiger partial charge is 0.911 e. The Morgan fingerprint density at radius 2 is 1.40 bits per heavy atom. The molecule has 0 heterocycles. The van der Waals surface area contributed by atoms with E-state index in [4.69, 9.17) is 10.9 Å². The molecule has 0 unspecified atom stereocenters. The number of rotatable bonds is 2. The molecule has 0 fully saturated rings. The fourth-order valence-corrected chi connectivity index (χ4v) is 0. The third-order valence-electron chi connectivity index (χ3n) is 0.153. The van der Waals surface area contributed by atoms with E-state index in [0.29, 0.717) is 0 Å². The van der Waals surface area contributed by atoms with Crippen molar-refractivity contribution >= 4 is 6.21 Å². The van der Waals surface area contributed by atoms with Gasteiger partial charge in [-0.05, 0) is 0 Å². The zero-order valence-corrected chi connectivity index (χ0v) is 10.9. The van der Waals surface area contributed by atoms with E-state index >= 15 is 0 Å². The summed E-state index contributed by atoms with van der Waals surface area (Å²) in [5, 5.41) is 9.96. The third kappa shape index (κ3) is 91.3. The van der Waals surface area contributed by atoms with Crippen molar-refractivity contribution < 1.29 is 42.1 Å². The summed E-state index contributed by atoms with van der Waals surface area (Å²) in [5.41, 5.74) is 7.32. The quantitative estimate of drug-likeness (QED) is 0.331. The van der Waals surface area contributed by atoms with Gasteiger partial charge in [0.15, 0.2) is 0 Å². The van der Waals surface area contributed by atoms with Gasteiger partial charge in [-0.2, -0.15) is 6.20 Å². The predicted molar refractivity (Wildman–Crippen MR) is 32.9 cm³/mol. The van der Waals surface area contributed by atoms with E-state index in [9.17, 15) is 0 Å². The van der Waals surface area contributed by atoms with Crippen LogP contribution in [0.2, 0.25) is 0 Å². The largest absolute Gasteiger partial charge is 2.00 e. The third-order valence-corrected chi connectivity index (χ3v) is 0.153. The van der Waals surface area contributed by atoms with Gasteiger partial charge in [0.2, 0.25) is 0 Å². The summed E-state index contributed by atoms with van der Waals surface area (Å²) in [7, 11) is 0. The summed E-state index contributed by atoms with van der Waals surface area (Å²) < 4.78 is 0. The number of allylic oxidation sites excluding steroid dienone is 1. The van der Waals surface area contributed by atoms with E-state index in [-0.39, 0.29) is 42.1 Å². The molecule has 0 rings (SSSR count). The Balaban J connectivity index is -0.0000000300. The molecule has 0 aromatic heterocycles. The molecule has 0 saturated heterocycles. The Bertz CT molecular complexity index is 68.9. The van der Waals surface area contributed by atoms with Crippen molar-refractivity contribution in [3.63, 3.8) is 0 Å². The fraction of sp³-hybridized carbons (Fsp3) is 0. The molecule has 0 aromatic rings. The van der Waals surface area contributed by atoms with Crippen LogP contribution in [0.3, 0.4) is 0 Å². The van der Waals surface area contributed by atoms with Gasteiger partial charge in [0.05, 0.1) is 0 Å². The first-order valence-electron chi connectivity index (χ1n) is 1.72. The Morgan fingerprint density at radius 3 is 1.40 bits per heavy atom. The van der Waals surface area contributed by atoms with Gasteiger partial charge in [-0.15, -0.1) is 0 Å². The summed E-state index contributed by atoms with van der Waals surface area (Å²) >= 11 is 0. The molecule has 0 N–H and O–H groups in total. The first-order chi connectivity index (χ1) is 3.83. The van der Waals surface area contributed by atoms with E-state index in [0.717, 1.165) is 18.5 Å². The molecule has 52 valence electrons. The Labute approximate surface area is 89.5 Å². The molecule has 3 nitrogen and oxygen atoms in total. The molecule has 0 aliphatic carbocycles. The number of nitrogens with zero attached hydrogens (tertiary/aromatic N) is 3. The molecule has 0 radical (unpaired) electrons. The van der Waals surface area contributed by atoms with Crippen molar-refractivity contribution in [2.45, 2.75) is 0 Å². The van der Waals surface area contributed by atoms with Gasteiger partial charge in [-0.3, -0.25) is 12.7 Å². The van der Waals surface area contributed by atoms with Crippen LogP contribution >= 0.6 is 0 Å². The van der Waals surface area contributed by atoms with Crippen LogP contribution in [0.25, 0.3) is 10.9 Å². The topological polar surface area (TPSA) is 57.0 Å². The molecule has 5 heteroatoms. The number of hydrogen-bond acceptors (Lipinski definition) is 1. The van der Waals surface area contributed by atoms with E-state index in [1.807, 2.05) is 0 Å². The first kappa shape index (κ1) is 22.5. The second-order valence-electron chi connectivity index (χ2n) is 0.606. The van der Waals surface area contributed by atoms with Crippen molar-refractivity contribution in [2.75, 3.05) is 0 Å². The van der Waals surface area contributed by atoms with E-state index < -0.39 is 0 Å². The SMILES string of the molecule is [CH-]=CC=[N-].[CH-]=CN=[N-].[W+2].[W+2]. The second-order valence-corrected chi connectivity index (χ2v) is 0.606. The Morgan fingerprint density at radius 1 is 1.20 bits per heavy atom. The van der Waals surface area contributed by atoms with Crippen LogP contribution < -0.4 is 0 Å².